The number of benzene rings is 1. The Morgan fingerprint density at radius 2 is 1.85 bits per heavy atom. The second kappa shape index (κ2) is 6.73. The summed E-state index contributed by atoms with van der Waals surface area (Å²) in [4.78, 5) is 2.49. The molecule has 0 aromatic heterocycles. The van der Waals surface area contributed by atoms with Crippen LogP contribution in [0.15, 0.2) is 24.3 Å². The molecule has 1 saturated carbocycles. The van der Waals surface area contributed by atoms with Gasteiger partial charge in [-0.25, -0.2) is 0 Å². The maximum atomic E-state index is 10.9. The molecule has 0 radical (unpaired) electrons. The Hall–Kier alpha value is -0.860. The summed E-state index contributed by atoms with van der Waals surface area (Å²) in [6.07, 6.45) is 5.30. The Morgan fingerprint density at radius 1 is 1.20 bits per heavy atom. The molecule has 1 atom stereocenters. The summed E-state index contributed by atoms with van der Waals surface area (Å²) in [7, 11) is 0. The SMILES string of the molecule is CCN(CC)C1(C(O)Cc2cccc(C)c2)CCCC1. The number of hydrogen-bond donors (Lipinski definition) is 1. The first-order valence-electron chi connectivity index (χ1n) is 8.11. The van der Waals surface area contributed by atoms with Crippen LogP contribution >= 0.6 is 0 Å². The van der Waals surface area contributed by atoms with Crippen LogP contribution in [0.3, 0.4) is 0 Å². The molecule has 2 rings (SSSR count). The fraction of sp³-hybridized carbons (Fsp3) is 0.667. The summed E-state index contributed by atoms with van der Waals surface area (Å²) in [5, 5.41) is 10.9. The molecule has 1 aliphatic carbocycles. The summed E-state index contributed by atoms with van der Waals surface area (Å²) in [6.45, 7) is 8.60. The maximum Gasteiger partial charge on any atom is 0.0764 e. The lowest BCUT2D eigenvalue weighted by Gasteiger charge is -2.44. The topological polar surface area (TPSA) is 23.5 Å². The fourth-order valence-corrected chi connectivity index (χ4v) is 3.95. The van der Waals surface area contributed by atoms with Gasteiger partial charge in [-0.15, -0.1) is 0 Å². The van der Waals surface area contributed by atoms with E-state index in [1.54, 1.807) is 0 Å². The van der Waals surface area contributed by atoms with Gasteiger partial charge in [0.2, 0.25) is 0 Å². The predicted molar refractivity (Wildman–Crippen MR) is 85.0 cm³/mol. The van der Waals surface area contributed by atoms with E-state index in [-0.39, 0.29) is 11.6 Å². The van der Waals surface area contributed by atoms with Gasteiger partial charge in [0, 0.05) is 12.0 Å². The van der Waals surface area contributed by atoms with E-state index in [4.69, 9.17) is 0 Å². The molecule has 1 fully saturated rings. The first-order valence-corrected chi connectivity index (χ1v) is 8.11. The first-order chi connectivity index (χ1) is 9.62. The van der Waals surface area contributed by atoms with Crippen LogP contribution in [0.4, 0.5) is 0 Å². The van der Waals surface area contributed by atoms with E-state index in [0.717, 1.165) is 32.4 Å². The number of nitrogens with zero attached hydrogens (tertiary/aromatic N) is 1. The van der Waals surface area contributed by atoms with Crippen LogP contribution in [0, 0.1) is 6.92 Å². The molecule has 1 N–H and O–H groups in total. The molecule has 112 valence electrons. The van der Waals surface area contributed by atoms with Crippen LogP contribution in [-0.2, 0) is 6.42 Å². The van der Waals surface area contributed by atoms with Gasteiger partial charge in [0.1, 0.15) is 0 Å². The zero-order valence-electron chi connectivity index (χ0n) is 13.2. The van der Waals surface area contributed by atoms with Gasteiger partial charge in [-0.05, 0) is 38.4 Å². The molecular weight excluding hydrogens is 246 g/mol. The number of aliphatic hydroxyl groups is 1. The standard InChI is InChI=1S/C18H29NO/c1-4-19(5-2)18(11-6-7-12-18)17(20)14-16-10-8-9-15(3)13-16/h8-10,13,17,20H,4-7,11-12,14H2,1-3H3. The van der Waals surface area contributed by atoms with Crippen LogP contribution in [0.2, 0.25) is 0 Å². The largest absolute Gasteiger partial charge is 0.391 e. The van der Waals surface area contributed by atoms with Gasteiger partial charge in [-0.1, -0.05) is 56.5 Å². The van der Waals surface area contributed by atoms with Crippen molar-refractivity contribution in [2.75, 3.05) is 13.1 Å². The monoisotopic (exact) mass is 275 g/mol. The first kappa shape index (κ1) is 15.5. The Bertz CT molecular complexity index is 419. The van der Waals surface area contributed by atoms with Gasteiger partial charge < -0.3 is 5.11 Å². The third-order valence-electron chi connectivity index (χ3n) is 4.99. The van der Waals surface area contributed by atoms with Gasteiger partial charge in [0.05, 0.1) is 6.10 Å². The van der Waals surface area contributed by atoms with Gasteiger partial charge in [0.25, 0.3) is 0 Å². The Labute approximate surface area is 123 Å². The normalized spacial score (nSPS) is 19.4. The summed E-state index contributed by atoms with van der Waals surface area (Å²) >= 11 is 0. The molecule has 0 heterocycles. The average molecular weight is 275 g/mol. The summed E-state index contributed by atoms with van der Waals surface area (Å²) in [5.74, 6) is 0. The van der Waals surface area contributed by atoms with Crippen molar-refractivity contribution in [1.29, 1.82) is 0 Å². The minimum Gasteiger partial charge on any atom is -0.391 e. The van der Waals surface area contributed by atoms with Crippen molar-refractivity contribution >= 4 is 0 Å². The molecule has 1 unspecified atom stereocenters. The van der Waals surface area contributed by atoms with E-state index in [2.05, 4.69) is 49.9 Å². The molecule has 1 aromatic rings. The zero-order valence-corrected chi connectivity index (χ0v) is 13.2. The average Bonchev–Trinajstić information content (AvgIpc) is 2.91. The molecule has 1 aliphatic rings. The summed E-state index contributed by atoms with van der Waals surface area (Å²) in [5.41, 5.74) is 2.54. The highest BCUT2D eigenvalue weighted by molar-refractivity contribution is 5.23. The van der Waals surface area contributed by atoms with Gasteiger partial charge in [-0.2, -0.15) is 0 Å². The highest BCUT2D eigenvalue weighted by atomic mass is 16.3. The van der Waals surface area contributed by atoms with Crippen molar-refractivity contribution in [1.82, 2.24) is 4.90 Å². The van der Waals surface area contributed by atoms with Crippen LogP contribution in [0.5, 0.6) is 0 Å². The molecule has 0 saturated heterocycles. The lowest BCUT2D eigenvalue weighted by atomic mass is 9.84. The smallest absolute Gasteiger partial charge is 0.0764 e. The highest BCUT2D eigenvalue weighted by Gasteiger charge is 2.44. The molecule has 0 spiro atoms. The molecule has 20 heavy (non-hydrogen) atoms. The summed E-state index contributed by atoms with van der Waals surface area (Å²) in [6, 6.07) is 8.55. The van der Waals surface area contributed by atoms with E-state index in [0.29, 0.717) is 0 Å². The van der Waals surface area contributed by atoms with Crippen molar-refractivity contribution in [3.63, 3.8) is 0 Å². The molecule has 0 amide bonds. The number of likely N-dealkylation sites (N-methyl/N-ethyl adjacent to an activating group) is 1. The minimum atomic E-state index is -0.258. The molecule has 2 nitrogen and oxygen atoms in total. The van der Waals surface area contributed by atoms with Gasteiger partial charge >= 0.3 is 0 Å². The Morgan fingerprint density at radius 3 is 2.40 bits per heavy atom. The van der Waals surface area contributed by atoms with Gasteiger partial charge in [0.15, 0.2) is 0 Å². The molecule has 0 aliphatic heterocycles. The van der Waals surface area contributed by atoms with E-state index in [1.165, 1.54) is 24.0 Å². The third-order valence-corrected chi connectivity index (χ3v) is 4.99. The second-order valence-electron chi connectivity index (χ2n) is 6.19. The molecule has 1 aromatic carbocycles. The Kier molecular flexibility index (Phi) is 5.22. The quantitative estimate of drug-likeness (QED) is 0.858. The highest BCUT2D eigenvalue weighted by Crippen LogP contribution is 2.39. The molecule has 2 heteroatoms. The van der Waals surface area contributed by atoms with E-state index >= 15 is 0 Å². The lowest BCUT2D eigenvalue weighted by Crippen LogP contribution is -2.55. The van der Waals surface area contributed by atoms with Crippen LogP contribution < -0.4 is 0 Å². The van der Waals surface area contributed by atoms with Crippen LogP contribution in [-0.4, -0.2) is 34.7 Å². The van der Waals surface area contributed by atoms with Crippen molar-refractivity contribution in [2.24, 2.45) is 0 Å². The van der Waals surface area contributed by atoms with Crippen LogP contribution in [0.1, 0.15) is 50.7 Å². The Balaban J connectivity index is 2.17. The molecular formula is C18H29NO. The number of aryl methyl sites for hydroxylation is 1. The predicted octanol–water partition coefficient (Wildman–Crippen LogP) is 3.55. The second-order valence-corrected chi connectivity index (χ2v) is 6.19. The number of aliphatic hydroxyl groups excluding tert-OH is 1. The molecule has 0 bridgehead atoms. The van der Waals surface area contributed by atoms with Crippen LogP contribution in [0.25, 0.3) is 0 Å². The number of rotatable bonds is 6. The van der Waals surface area contributed by atoms with Crippen molar-refractivity contribution in [3.05, 3.63) is 35.4 Å². The van der Waals surface area contributed by atoms with Crippen molar-refractivity contribution < 1.29 is 5.11 Å². The van der Waals surface area contributed by atoms with Crippen molar-refractivity contribution in [2.45, 2.75) is 64.5 Å². The summed E-state index contributed by atoms with van der Waals surface area (Å²) < 4.78 is 0. The van der Waals surface area contributed by atoms with E-state index < -0.39 is 0 Å². The number of hydrogen-bond acceptors (Lipinski definition) is 2. The lowest BCUT2D eigenvalue weighted by molar-refractivity contribution is -0.0244. The third kappa shape index (κ3) is 3.07. The van der Waals surface area contributed by atoms with E-state index in [9.17, 15) is 5.11 Å². The maximum absolute atomic E-state index is 10.9. The minimum absolute atomic E-state index is 0.00719. The van der Waals surface area contributed by atoms with E-state index in [1.807, 2.05) is 0 Å². The van der Waals surface area contributed by atoms with Crippen molar-refractivity contribution in [3.8, 4) is 0 Å². The fourth-order valence-electron chi connectivity index (χ4n) is 3.95. The van der Waals surface area contributed by atoms with Gasteiger partial charge in [-0.3, -0.25) is 4.90 Å². The zero-order chi connectivity index (χ0) is 14.6.